The molecular formula is C14H23N3O2S. The predicted molar refractivity (Wildman–Crippen MR) is 79.9 cm³/mol. The van der Waals surface area contributed by atoms with Crippen LogP contribution in [0.5, 0.6) is 0 Å². The van der Waals surface area contributed by atoms with Crippen molar-refractivity contribution in [1.29, 1.82) is 0 Å². The molecule has 0 bridgehead atoms. The summed E-state index contributed by atoms with van der Waals surface area (Å²) in [5.41, 5.74) is 0. The molecule has 1 amide bonds. The van der Waals surface area contributed by atoms with Crippen LogP contribution in [-0.2, 0) is 9.53 Å². The van der Waals surface area contributed by atoms with Gasteiger partial charge in [0.25, 0.3) is 0 Å². The highest BCUT2D eigenvalue weighted by molar-refractivity contribution is 7.09. The number of carbonyl (C=O) groups is 1. The van der Waals surface area contributed by atoms with E-state index in [9.17, 15) is 4.79 Å². The second-order valence-electron chi connectivity index (χ2n) is 5.22. The summed E-state index contributed by atoms with van der Waals surface area (Å²) in [4.78, 5) is 16.5. The fraction of sp³-hybridized carbons (Fsp3) is 0.714. The maximum atomic E-state index is 12.2. The summed E-state index contributed by atoms with van der Waals surface area (Å²) in [5.74, 6) is 0.257. The van der Waals surface area contributed by atoms with E-state index < -0.39 is 0 Å². The van der Waals surface area contributed by atoms with Crippen LogP contribution in [0.15, 0.2) is 11.6 Å². The van der Waals surface area contributed by atoms with Gasteiger partial charge in [0.15, 0.2) is 0 Å². The lowest BCUT2D eigenvalue weighted by molar-refractivity contribution is -0.125. The van der Waals surface area contributed by atoms with E-state index in [0.29, 0.717) is 19.8 Å². The van der Waals surface area contributed by atoms with Crippen LogP contribution >= 0.6 is 11.3 Å². The molecule has 1 aromatic rings. The number of ether oxygens (including phenoxy) is 1. The SMILES string of the molecule is CCCNC1COCC1C(=O)NCC(C)c1nccs1. The number of hydrogen-bond acceptors (Lipinski definition) is 5. The van der Waals surface area contributed by atoms with Crippen LogP contribution in [0.4, 0.5) is 0 Å². The standard InChI is InChI=1S/C14H23N3O2S/c1-3-4-15-12-9-19-8-11(12)13(18)17-7-10(2)14-16-5-6-20-14/h5-6,10-12,15H,3-4,7-9H2,1-2H3,(H,17,18). The van der Waals surface area contributed by atoms with Gasteiger partial charge in [-0.05, 0) is 13.0 Å². The molecule has 0 spiro atoms. The Morgan fingerprint density at radius 3 is 3.15 bits per heavy atom. The number of nitrogens with zero attached hydrogens (tertiary/aromatic N) is 1. The van der Waals surface area contributed by atoms with Gasteiger partial charge in [-0.25, -0.2) is 4.98 Å². The van der Waals surface area contributed by atoms with Crippen molar-refractivity contribution < 1.29 is 9.53 Å². The number of nitrogens with one attached hydrogen (secondary N) is 2. The van der Waals surface area contributed by atoms with Crippen LogP contribution < -0.4 is 10.6 Å². The zero-order valence-corrected chi connectivity index (χ0v) is 12.9. The molecule has 1 saturated heterocycles. The first-order chi connectivity index (χ1) is 9.72. The third-order valence-corrected chi connectivity index (χ3v) is 4.54. The highest BCUT2D eigenvalue weighted by Crippen LogP contribution is 2.18. The lowest BCUT2D eigenvalue weighted by Gasteiger charge is -2.19. The Bertz CT molecular complexity index is 411. The summed E-state index contributed by atoms with van der Waals surface area (Å²) >= 11 is 1.63. The lowest BCUT2D eigenvalue weighted by atomic mass is 10.0. The van der Waals surface area contributed by atoms with Crippen molar-refractivity contribution in [3.8, 4) is 0 Å². The van der Waals surface area contributed by atoms with E-state index in [1.807, 2.05) is 5.38 Å². The molecule has 2 rings (SSSR count). The van der Waals surface area contributed by atoms with Gasteiger partial charge < -0.3 is 15.4 Å². The number of aromatic nitrogens is 1. The average molecular weight is 297 g/mol. The molecule has 0 aliphatic carbocycles. The van der Waals surface area contributed by atoms with Crippen molar-refractivity contribution in [3.05, 3.63) is 16.6 Å². The topological polar surface area (TPSA) is 63.2 Å². The van der Waals surface area contributed by atoms with Crippen molar-refractivity contribution in [2.45, 2.75) is 32.2 Å². The molecule has 2 N–H and O–H groups in total. The third-order valence-electron chi connectivity index (χ3n) is 3.53. The molecule has 0 radical (unpaired) electrons. The molecule has 3 unspecified atom stereocenters. The smallest absolute Gasteiger partial charge is 0.227 e. The van der Waals surface area contributed by atoms with E-state index in [2.05, 4.69) is 29.5 Å². The van der Waals surface area contributed by atoms with E-state index in [1.54, 1.807) is 17.5 Å². The fourth-order valence-corrected chi connectivity index (χ4v) is 2.99. The van der Waals surface area contributed by atoms with Crippen LogP contribution in [-0.4, -0.2) is 43.2 Å². The minimum absolute atomic E-state index is 0.0787. The average Bonchev–Trinajstić information content (AvgIpc) is 3.12. The summed E-state index contributed by atoms with van der Waals surface area (Å²) < 4.78 is 5.43. The number of hydrogen-bond donors (Lipinski definition) is 2. The van der Waals surface area contributed by atoms with E-state index in [4.69, 9.17) is 4.74 Å². The van der Waals surface area contributed by atoms with Crippen LogP contribution in [0, 0.1) is 5.92 Å². The van der Waals surface area contributed by atoms with Gasteiger partial charge in [0.1, 0.15) is 0 Å². The van der Waals surface area contributed by atoms with Gasteiger partial charge in [0.05, 0.1) is 24.1 Å². The van der Waals surface area contributed by atoms with Crippen molar-refractivity contribution in [1.82, 2.24) is 15.6 Å². The van der Waals surface area contributed by atoms with E-state index in [-0.39, 0.29) is 23.8 Å². The molecule has 5 nitrogen and oxygen atoms in total. The van der Waals surface area contributed by atoms with Crippen molar-refractivity contribution >= 4 is 17.2 Å². The Kier molecular flexibility index (Phi) is 5.94. The van der Waals surface area contributed by atoms with Gasteiger partial charge in [-0.1, -0.05) is 13.8 Å². The zero-order chi connectivity index (χ0) is 14.4. The molecule has 3 atom stereocenters. The summed E-state index contributed by atoms with van der Waals surface area (Å²) in [5, 5.41) is 9.43. The van der Waals surface area contributed by atoms with Gasteiger partial charge in [0.2, 0.25) is 5.91 Å². The molecular weight excluding hydrogens is 274 g/mol. The fourth-order valence-electron chi connectivity index (χ4n) is 2.29. The van der Waals surface area contributed by atoms with E-state index in [1.165, 1.54) is 0 Å². The predicted octanol–water partition coefficient (Wildman–Crippen LogP) is 1.38. The van der Waals surface area contributed by atoms with Crippen LogP contribution in [0.3, 0.4) is 0 Å². The first-order valence-corrected chi connectivity index (χ1v) is 8.08. The second kappa shape index (κ2) is 7.71. The third kappa shape index (κ3) is 4.01. The van der Waals surface area contributed by atoms with Crippen LogP contribution in [0.25, 0.3) is 0 Å². The number of rotatable bonds is 7. The number of amides is 1. The van der Waals surface area contributed by atoms with Gasteiger partial charge in [-0.15, -0.1) is 11.3 Å². The Morgan fingerprint density at radius 2 is 2.45 bits per heavy atom. The highest BCUT2D eigenvalue weighted by Gasteiger charge is 2.33. The van der Waals surface area contributed by atoms with Gasteiger partial charge in [0, 0.05) is 30.1 Å². The molecule has 0 saturated carbocycles. The van der Waals surface area contributed by atoms with Gasteiger partial charge in [-0.2, -0.15) is 0 Å². The maximum Gasteiger partial charge on any atom is 0.227 e. The Labute approximate surface area is 124 Å². The molecule has 1 fully saturated rings. The Balaban J connectivity index is 1.79. The van der Waals surface area contributed by atoms with E-state index >= 15 is 0 Å². The number of thiazole rings is 1. The molecule has 2 heterocycles. The lowest BCUT2D eigenvalue weighted by Crippen LogP contribution is -2.44. The first-order valence-electron chi connectivity index (χ1n) is 7.20. The molecule has 1 aliphatic heterocycles. The molecule has 1 aromatic heterocycles. The minimum Gasteiger partial charge on any atom is -0.379 e. The van der Waals surface area contributed by atoms with Gasteiger partial charge in [-0.3, -0.25) is 4.79 Å². The highest BCUT2D eigenvalue weighted by atomic mass is 32.1. The Morgan fingerprint density at radius 1 is 1.60 bits per heavy atom. The largest absolute Gasteiger partial charge is 0.379 e. The van der Waals surface area contributed by atoms with Crippen LogP contribution in [0.2, 0.25) is 0 Å². The summed E-state index contributed by atoms with van der Waals surface area (Å²) in [6.07, 6.45) is 2.86. The zero-order valence-electron chi connectivity index (χ0n) is 12.1. The molecule has 20 heavy (non-hydrogen) atoms. The van der Waals surface area contributed by atoms with Crippen molar-refractivity contribution in [2.24, 2.45) is 5.92 Å². The normalized spacial score (nSPS) is 23.7. The summed E-state index contributed by atoms with van der Waals surface area (Å²) in [6, 6.07) is 0.144. The molecule has 112 valence electrons. The number of carbonyl (C=O) groups excluding carboxylic acids is 1. The first kappa shape index (κ1) is 15.4. The minimum atomic E-state index is -0.0787. The van der Waals surface area contributed by atoms with E-state index in [0.717, 1.165) is 18.0 Å². The molecule has 0 aromatic carbocycles. The summed E-state index contributed by atoms with van der Waals surface area (Å²) in [7, 11) is 0. The van der Waals surface area contributed by atoms with Gasteiger partial charge >= 0.3 is 0 Å². The molecule has 1 aliphatic rings. The second-order valence-corrected chi connectivity index (χ2v) is 6.15. The monoisotopic (exact) mass is 297 g/mol. The maximum absolute atomic E-state index is 12.2. The summed E-state index contributed by atoms with van der Waals surface area (Å²) in [6.45, 7) is 6.89. The Hall–Kier alpha value is -0.980. The molecule has 6 heteroatoms. The van der Waals surface area contributed by atoms with Crippen molar-refractivity contribution in [3.63, 3.8) is 0 Å². The quantitative estimate of drug-likeness (QED) is 0.798. The van der Waals surface area contributed by atoms with Crippen LogP contribution in [0.1, 0.15) is 31.2 Å². The van der Waals surface area contributed by atoms with Crippen molar-refractivity contribution in [2.75, 3.05) is 26.3 Å².